The van der Waals surface area contributed by atoms with Crippen molar-refractivity contribution < 1.29 is 18.4 Å². The van der Waals surface area contributed by atoms with E-state index in [1.165, 1.54) is 6.07 Å². The number of carbonyl (C=O) groups is 2. The van der Waals surface area contributed by atoms with Gasteiger partial charge in [0, 0.05) is 24.0 Å². The number of nitrogens with two attached hydrogens (primary N) is 1. The van der Waals surface area contributed by atoms with E-state index in [1.807, 2.05) is 0 Å². The molecule has 4 heterocycles. The zero-order valence-corrected chi connectivity index (χ0v) is 15.5. The zero-order valence-electron chi connectivity index (χ0n) is 15.5. The van der Waals surface area contributed by atoms with Crippen LogP contribution in [0.1, 0.15) is 20.7 Å². The molecule has 0 saturated carbocycles. The number of hydrogen-bond acceptors (Lipinski definition) is 8. The van der Waals surface area contributed by atoms with E-state index in [-0.39, 0.29) is 40.0 Å². The minimum Gasteiger partial charge on any atom is -0.416 e. The molecule has 0 aliphatic carbocycles. The highest BCUT2D eigenvalue weighted by Gasteiger charge is 2.32. The van der Waals surface area contributed by atoms with Gasteiger partial charge in [0.25, 0.3) is 17.4 Å². The highest BCUT2D eigenvalue weighted by atomic mass is 19.1. The Morgan fingerprint density at radius 2 is 1.68 bits per heavy atom. The van der Waals surface area contributed by atoms with Gasteiger partial charge in [-0.15, -0.1) is 10.2 Å². The first-order valence-electron chi connectivity index (χ1n) is 8.89. The van der Waals surface area contributed by atoms with Crippen LogP contribution in [0.25, 0.3) is 28.6 Å². The lowest BCUT2D eigenvalue weighted by Crippen LogP contribution is -2.24. The minimum atomic E-state index is -0.729. The van der Waals surface area contributed by atoms with Crippen molar-refractivity contribution in [3.8, 4) is 28.6 Å². The molecule has 3 N–H and O–H groups in total. The summed E-state index contributed by atoms with van der Waals surface area (Å²) < 4.78 is 20.8. The van der Waals surface area contributed by atoms with Crippen LogP contribution < -0.4 is 16.6 Å². The molecule has 0 bridgehead atoms. The van der Waals surface area contributed by atoms with Crippen molar-refractivity contribution in [2.45, 2.75) is 0 Å². The molecule has 11 heteroatoms. The first-order valence-corrected chi connectivity index (χ1v) is 8.89. The van der Waals surface area contributed by atoms with Crippen LogP contribution in [0, 0.1) is 5.82 Å². The van der Waals surface area contributed by atoms with E-state index in [1.54, 1.807) is 24.5 Å². The van der Waals surface area contributed by atoms with E-state index in [0.717, 1.165) is 22.8 Å². The number of fused-ring (bicyclic) bond motifs is 1. The van der Waals surface area contributed by atoms with Crippen LogP contribution in [0.2, 0.25) is 0 Å². The summed E-state index contributed by atoms with van der Waals surface area (Å²) in [5, 5.41) is 10.0. The number of anilines is 1. The molecule has 10 nitrogen and oxygen atoms in total. The Labute approximate surface area is 172 Å². The number of pyridine rings is 2. The third-order valence-electron chi connectivity index (χ3n) is 4.74. The summed E-state index contributed by atoms with van der Waals surface area (Å²) in [5.41, 5.74) is 5.91. The van der Waals surface area contributed by atoms with Gasteiger partial charge < -0.3 is 10.2 Å². The van der Waals surface area contributed by atoms with Gasteiger partial charge in [-0.2, -0.15) is 0 Å². The summed E-state index contributed by atoms with van der Waals surface area (Å²) in [5.74, 6) is -2.25. The molecule has 0 radical (unpaired) electrons. The van der Waals surface area contributed by atoms with Gasteiger partial charge >= 0.3 is 0 Å². The van der Waals surface area contributed by atoms with Crippen LogP contribution in [0.15, 0.2) is 58.0 Å². The predicted molar refractivity (Wildman–Crippen MR) is 105 cm³/mol. The maximum Gasteiger partial charge on any atom is 0.262 e. The summed E-state index contributed by atoms with van der Waals surface area (Å²) in [4.78, 5) is 40.7. The molecule has 0 fully saturated rings. The second-order valence-electron chi connectivity index (χ2n) is 6.58. The number of amides is 2. The molecule has 3 aromatic heterocycles. The molecule has 1 aliphatic rings. The maximum absolute atomic E-state index is 14.1. The Hall–Kier alpha value is -4.67. The first-order chi connectivity index (χ1) is 14.9. The van der Waals surface area contributed by atoms with Crippen molar-refractivity contribution in [1.29, 1.82) is 0 Å². The maximum atomic E-state index is 14.1. The van der Waals surface area contributed by atoms with Crippen LogP contribution in [0.3, 0.4) is 0 Å². The van der Waals surface area contributed by atoms with Crippen LogP contribution >= 0.6 is 0 Å². The number of hydrogen-bond donors (Lipinski definition) is 2. The number of rotatable bonds is 3. The largest absolute Gasteiger partial charge is 0.416 e. The van der Waals surface area contributed by atoms with E-state index in [4.69, 9.17) is 10.2 Å². The minimum absolute atomic E-state index is 0.0753. The highest BCUT2D eigenvalue weighted by Crippen LogP contribution is 2.31. The van der Waals surface area contributed by atoms with Crippen LogP contribution in [0.5, 0.6) is 0 Å². The Balaban J connectivity index is 1.72. The van der Waals surface area contributed by atoms with Gasteiger partial charge in [0.2, 0.25) is 11.8 Å². The molecule has 1 aromatic carbocycles. The van der Waals surface area contributed by atoms with Gasteiger partial charge in [0.1, 0.15) is 11.6 Å². The fourth-order valence-electron chi connectivity index (χ4n) is 3.35. The Morgan fingerprint density at radius 1 is 0.935 bits per heavy atom. The standard InChI is InChI=1S/C20H11FN6O4/c21-10-1-2-13(27-14(28)8-12-15(16(27)22)18(30)24-17(12)29)11(7-10)20-26-25-19(31-20)9-3-5-23-6-4-9/h1-8H,22H2,(H,24,29,30). The summed E-state index contributed by atoms with van der Waals surface area (Å²) in [6.45, 7) is 0. The average molecular weight is 418 g/mol. The zero-order chi connectivity index (χ0) is 21.7. The number of nitrogen functional groups attached to an aromatic ring is 1. The Kier molecular flexibility index (Phi) is 3.97. The Morgan fingerprint density at radius 3 is 2.45 bits per heavy atom. The number of halogens is 1. The number of nitrogens with zero attached hydrogens (tertiary/aromatic N) is 4. The van der Waals surface area contributed by atoms with E-state index < -0.39 is 23.2 Å². The summed E-state index contributed by atoms with van der Waals surface area (Å²) >= 11 is 0. The van der Waals surface area contributed by atoms with Gasteiger partial charge in [-0.25, -0.2) is 4.39 Å². The van der Waals surface area contributed by atoms with Crippen molar-refractivity contribution in [3.63, 3.8) is 0 Å². The smallest absolute Gasteiger partial charge is 0.262 e. The second kappa shape index (κ2) is 6.69. The molecule has 5 rings (SSSR count). The lowest BCUT2D eigenvalue weighted by atomic mass is 10.1. The fourth-order valence-corrected chi connectivity index (χ4v) is 3.35. The number of imide groups is 1. The van der Waals surface area contributed by atoms with Crippen LogP contribution in [0.4, 0.5) is 10.2 Å². The van der Waals surface area contributed by atoms with Crippen molar-refractivity contribution in [1.82, 2.24) is 25.1 Å². The quantitative estimate of drug-likeness (QED) is 0.477. The lowest BCUT2D eigenvalue weighted by molar-refractivity contribution is 0.0880. The monoisotopic (exact) mass is 418 g/mol. The SMILES string of the molecule is Nc1c2c(cc(=O)n1-c1ccc(F)cc1-c1nnc(-c3ccncc3)o1)C(=O)NC2=O. The predicted octanol–water partition coefficient (Wildman–Crippen LogP) is 1.55. The summed E-state index contributed by atoms with van der Waals surface area (Å²) in [6.07, 6.45) is 3.09. The van der Waals surface area contributed by atoms with Crippen molar-refractivity contribution in [2.75, 3.05) is 5.73 Å². The van der Waals surface area contributed by atoms with Gasteiger partial charge in [0.05, 0.1) is 22.4 Å². The molecule has 0 spiro atoms. The van der Waals surface area contributed by atoms with Crippen molar-refractivity contribution >= 4 is 17.6 Å². The lowest BCUT2D eigenvalue weighted by Gasteiger charge is -2.14. The summed E-state index contributed by atoms with van der Waals surface area (Å²) in [6, 6.07) is 7.81. The topological polar surface area (TPSA) is 146 Å². The molecule has 4 aromatic rings. The van der Waals surface area contributed by atoms with E-state index >= 15 is 0 Å². The van der Waals surface area contributed by atoms with Gasteiger partial charge in [0.15, 0.2) is 0 Å². The number of aromatic nitrogens is 4. The van der Waals surface area contributed by atoms with E-state index in [2.05, 4.69) is 20.5 Å². The molecule has 0 unspecified atom stereocenters. The van der Waals surface area contributed by atoms with Crippen LogP contribution in [-0.2, 0) is 0 Å². The normalized spacial score (nSPS) is 12.7. The molecule has 152 valence electrons. The molecule has 2 amide bonds. The average Bonchev–Trinajstić information content (AvgIpc) is 3.35. The molecule has 31 heavy (non-hydrogen) atoms. The third-order valence-corrected chi connectivity index (χ3v) is 4.74. The van der Waals surface area contributed by atoms with Gasteiger partial charge in [-0.05, 0) is 30.3 Å². The number of carbonyl (C=O) groups excluding carboxylic acids is 2. The molecular formula is C20H11FN6O4. The number of nitrogens with one attached hydrogen (secondary N) is 1. The molecule has 0 saturated heterocycles. The van der Waals surface area contributed by atoms with E-state index in [0.29, 0.717) is 5.56 Å². The molecular weight excluding hydrogens is 407 g/mol. The second-order valence-corrected chi connectivity index (χ2v) is 6.58. The van der Waals surface area contributed by atoms with Gasteiger partial charge in [-0.3, -0.25) is 29.3 Å². The van der Waals surface area contributed by atoms with E-state index in [9.17, 15) is 18.8 Å². The van der Waals surface area contributed by atoms with Crippen molar-refractivity contribution in [2.24, 2.45) is 0 Å². The first kappa shape index (κ1) is 18.4. The highest BCUT2D eigenvalue weighted by molar-refractivity contribution is 6.23. The molecule has 0 atom stereocenters. The van der Waals surface area contributed by atoms with Crippen LogP contribution in [-0.4, -0.2) is 31.6 Å². The molecule has 1 aliphatic heterocycles. The third kappa shape index (κ3) is 2.87. The van der Waals surface area contributed by atoms with Gasteiger partial charge in [-0.1, -0.05) is 0 Å². The Bertz CT molecular complexity index is 1440. The van der Waals surface area contributed by atoms with Crippen molar-refractivity contribution in [3.05, 3.63) is 76.1 Å². The summed E-state index contributed by atoms with van der Waals surface area (Å²) in [7, 11) is 0. The number of benzene rings is 1. The fraction of sp³-hybridized carbons (Fsp3) is 0.